The standard InChI is InChI=1S/C15H14OS/c1-11-7-9-12(10-8-11)15(17)13-5-3-4-6-14(13)16-2/h3-10H,1-2H3. The van der Waals surface area contributed by atoms with Gasteiger partial charge < -0.3 is 4.74 Å². The van der Waals surface area contributed by atoms with E-state index >= 15 is 0 Å². The summed E-state index contributed by atoms with van der Waals surface area (Å²) in [5.41, 5.74) is 3.25. The van der Waals surface area contributed by atoms with Crippen LogP contribution in [-0.4, -0.2) is 12.0 Å². The van der Waals surface area contributed by atoms with Crippen molar-refractivity contribution in [2.45, 2.75) is 6.92 Å². The van der Waals surface area contributed by atoms with Gasteiger partial charge in [-0.05, 0) is 24.6 Å². The molecule has 0 saturated heterocycles. The zero-order valence-corrected chi connectivity index (χ0v) is 10.8. The van der Waals surface area contributed by atoms with Crippen molar-refractivity contribution < 1.29 is 4.74 Å². The van der Waals surface area contributed by atoms with Crippen LogP contribution >= 0.6 is 12.2 Å². The number of methoxy groups -OCH3 is 1. The topological polar surface area (TPSA) is 9.23 Å². The van der Waals surface area contributed by atoms with Gasteiger partial charge in [-0.15, -0.1) is 0 Å². The molecule has 0 aliphatic carbocycles. The van der Waals surface area contributed by atoms with E-state index < -0.39 is 0 Å². The van der Waals surface area contributed by atoms with Gasteiger partial charge in [-0.1, -0.05) is 54.2 Å². The van der Waals surface area contributed by atoms with Crippen LogP contribution in [0.5, 0.6) is 5.75 Å². The van der Waals surface area contributed by atoms with E-state index in [0.29, 0.717) is 0 Å². The summed E-state index contributed by atoms with van der Waals surface area (Å²) < 4.78 is 5.32. The number of benzene rings is 2. The molecule has 0 spiro atoms. The van der Waals surface area contributed by atoms with Crippen LogP contribution in [0.3, 0.4) is 0 Å². The number of rotatable bonds is 3. The molecule has 0 radical (unpaired) electrons. The van der Waals surface area contributed by atoms with E-state index in [4.69, 9.17) is 17.0 Å². The Balaban J connectivity index is 2.40. The fourth-order valence-corrected chi connectivity index (χ4v) is 2.00. The number of thiocarbonyl (C=S) groups is 1. The highest BCUT2D eigenvalue weighted by atomic mass is 32.1. The molecule has 0 aliphatic heterocycles. The van der Waals surface area contributed by atoms with Crippen LogP contribution in [0.25, 0.3) is 0 Å². The summed E-state index contributed by atoms with van der Waals surface area (Å²) in [4.78, 5) is 0.822. The van der Waals surface area contributed by atoms with E-state index in [1.54, 1.807) is 7.11 Å². The van der Waals surface area contributed by atoms with Crippen LogP contribution < -0.4 is 4.74 Å². The van der Waals surface area contributed by atoms with Crippen molar-refractivity contribution in [2.75, 3.05) is 7.11 Å². The average molecular weight is 242 g/mol. The minimum atomic E-state index is 0.818. The lowest BCUT2D eigenvalue weighted by atomic mass is 10.0. The maximum absolute atomic E-state index is 5.50. The Hall–Kier alpha value is -1.67. The maximum Gasteiger partial charge on any atom is 0.127 e. The molecular weight excluding hydrogens is 228 g/mol. The van der Waals surface area contributed by atoms with Gasteiger partial charge in [0.25, 0.3) is 0 Å². The Morgan fingerprint density at radius 1 is 1.00 bits per heavy atom. The zero-order chi connectivity index (χ0) is 12.3. The number of ether oxygens (including phenoxy) is 1. The Bertz CT molecular complexity index is 529. The van der Waals surface area contributed by atoms with Crippen molar-refractivity contribution in [3.63, 3.8) is 0 Å². The number of aryl methyl sites for hydroxylation is 1. The Labute approximate surface area is 107 Å². The number of hydrogen-bond acceptors (Lipinski definition) is 2. The first-order chi connectivity index (χ1) is 8.22. The molecule has 2 aromatic carbocycles. The lowest BCUT2D eigenvalue weighted by molar-refractivity contribution is 0.414. The maximum atomic E-state index is 5.50. The van der Waals surface area contributed by atoms with Gasteiger partial charge in [-0.25, -0.2) is 0 Å². The molecular formula is C15H14OS. The van der Waals surface area contributed by atoms with Gasteiger partial charge in [0, 0.05) is 5.56 Å². The summed E-state index contributed by atoms with van der Waals surface area (Å²) in [5, 5.41) is 0. The van der Waals surface area contributed by atoms with Gasteiger partial charge in [0.05, 0.1) is 12.0 Å². The van der Waals surface area contributed by atoms with Crippen molar-refractivity contribution in [1.82, 2.24) is 0 Å². The molecule has 0 unspecified atom stereocenters. The molecule has 0 aromatic heterocycles. The van der Waals surface area contributed by atoms with Crippen LogP contribution in [0.1, 0.15) is 16.7 Å². The van der Waals surface area contributed by atoms with Crippen molar-refractivity contribution in [3.8, 4) is 5.75 Å². The van der Waals surface area contributed by atoms with Gasteiger partial charge in [0.1, 0.15) is 5.75 Å². The Morgan fingerprint density at radius 2 is 1.65 bits per heavy atom. The quantitative estimate of drug-likeness (QED) is 0.598. The molecule has 0 bridgehead atoms. The van der Waals surface area contributed by atoms with Crippen LogP contribution in [0, 0.1) is 6.92 Å². The third-order valence-corrected chi connectivity index (χ3v) is 3.12. The Morgan fingerprint density at radius 3 is 2.29 bits per heavy atom. The second-order valence-corrected chi connectivity index (χ2v) is 4.30. The molecule has 2 rings (SSSR count). The summed E-state index contributed by atoms with van der Waals surface area (Å²) in [5.74, 6) is 0.818. The highest BCUT2D eigenvalue weighted by Crippen LogP contribution is 2.22. The number of hydrogen-bond donors (Lipinski definition) is 0. The lowest BCUT2D eigenvalue weighted by Gasteiger charge is -2.09. The lowest BCUT2D eigenvalue weighted by Crippen LogP contribution is -2.02. The van der Waals surface area contributed by atoms with Crippen molar-refractivity contribution in [3.05, 3.63) is 65.2 Å². The van der Waals surface area contributed by atoms with Crippen LogP contribution in [0.4, 0.5) is 0 Å². The molecule has 0 heterocycles. The molecule has 2 aromatic rings. The second-order valence-electron chi connectivity index (χ2n) is 3.90. The average Bonchev–Trinajstić information content (AvgIpc) is 2.39. The molecule has 0 aliphatic rings. The SMILES string of the molecule is COc1ccccc1C(=S)c1ccc(C)cc1. The Kier molecular flexibility index (Phi) is 3.55. The fraction of sp³-hybridized carbons (Fsp3) is 0.133. The van der Waals surface area contributed by atoms with Gasteiger partial charge in [-0.2, -0.15) is 0 Å². The summed E-state index contributed by atoms with van der Waals surface area (Å²) in [7, 11) is 1.66. The largest absolute Gasteiger partial charge is 0.496 e. The molecule has 1 nitrogen and oxygen atoms in total. The molecule has 86 valence electrons. The smallest absolute Gasteiger partial charge is 0.127 e. The van der Waals surface area contributed by atoms with E-state index in [-0.39, 0.29) is 0 Å². The van der Waals surface area contributed by atoms with Crippen LogP contribution in [0.2, 0.25) is 0 Å². The normalized spacial score (nSPS) is 10.0. The van der Waals surface area contributed by atoms with E-state index in [1.807, 2.05) is 36.4 Å². The van der Waals surface area contributed by atoms with Gasteiger partial charge >= 0.3 is 0 Å². The molecule has 0 amide bonds. The molecule has 0 saturated carbocycles. The first-order valence-electron chi connectivity index (χ1n) is 5.47. The fourth-order valence-electron chi connectivity index (χ4n) is 1.69. The predicted octanol–water partition coefficient (Wildman–Crippen LogP) is 3.77. The third kappa shape index (κ3) is 2.53. The van der Waals surface area contributed by atoms with E-state index in [9.17, 15) is 0 Å². The van der Waals surface area contributed by atoms with Gasteiger partial charge in [0.15, 0.2) is 0 Å². The van der Waals surface area contributed by atoms with Crippen molar-refractivity contribution in [1.29, 1.82) is 0 Å². The number of para-hydroxylation sites is 1. The van der Waals surface area contributed by atoms with Gasteiger partial charge in [-0.3, -0.25) is 0 Å². The van der Waals surface area contributed by atoms with E-state index in [2.05, 4.69) is 19.1 Å². The predicted molar refractivity (Wildman–Crippen MR) is 75.0 cm³/mol. The molecule has 0 fully saturated rings. The summed E-state index contributed by atoms with van der Waals surface area (Å²) in [6.07, 6.45) is 0. The van der Waals surface area contributed by atoms with Crippen molar-refractivity contribution >= 4 is 17.1 Å². The summed E-state index contributed by atoms with van der Waals surface area (Å²) in [6.45, 7) is 2.07. The molecule has 0 N–H and O–H groups in total. The summed E-state index contributed by atoms with van der Waals surface area (Å²) >= 11 is 5.50. The van der Waals surface area contributed by atoms with Crippen molar-refractivity contribution in [2.24, 2.45) is 0 Å². The highest BCUT2D eigenvalue weighted by molar-refractivity contribution is 7.81. The zero-order valence-electron chi connectivity index (χ0n) is 9.94. The molecule has 2 heteroatoms. The monoisotopic (exact) mass is 242 g/mol. The second kappa shape index (κ2) is 5.11. The van der Waals surface area contributed by atoms with E-state index in [0.717, 1.165) is 21.7 Å². The first-order valence-corrected chi connectivity index (χ1v) is 5.87. The summed E-state index contributed by atoms with van der Waals surface area (Å²) in [6, 6.07) is 16.1. The van der Waals surface area contributed by atoms with E-state index in [1.165, 1.54) is 5.56 Å². The third-order valence-electron chi connectivity index (χ3n) is 2.67. The first kappa shape index (κ1) is 11.8. The van der Waals surface area contributed by atoms with Gasteiger partial charge in [0.2, 0.25) is 0 Å². The molecule has 0 atom stereocenters. The highest BCUT2D eigenvalue weighted by Gasteiger charge is 2.09. The minimum absolute atomic E-state index is 0.818. The minimum Gasteiger partial charge on any atom is -0.496 e. The molecule has 17 heavy (non-hydrogen) atoms. The van der Waals surface area contributed by atoms with Crippen LogP contribution in [-0.2, 0) is 0 Å². The van der Waals surface area contributed by atoms with Crippen LogP contribution in [0.15, 0.2) is 48.5 Å².